The van der Waals surface area contributed by atoms with Crippen LogP contribution in [0, 0.1) is 18.8 Å². The number of rotatable bonds is 8. The number of carbonyl (C=O) groups is 2. The molecule has 0 saturated heterocycles. The summed E-state index contributed by atoms with van der Waals surface area (Å²) < 4.78 is 5.75. The molecule has 5 heteroatoms. The zero-order chi connectivity index (χ0) is 20.1. The van der Waals surface area contributed by atoms with Gasteiger partial charge in [-0.3, -0.25) is 9.59 Å². The molecule has 0 atom stereocenters. The van der Waals surface area contributed by atoms with Gasteiger partial charge in [0.1, 0.15) is 5.75 Å². The summed E-state index contributed by atoms with van der Waals surface area (Å²) in [6, 6.07) is 12.7. The van der Waals surface area contributed by atoms with E-state index < -0.39 is 0 Å². The summed E-state index contributed by atoms with van der Waals surface area (Å²) in [4.78, 5) is 24.7. The van der Waals surface area contributed by atoms with E-state index in [9.17, 15) is 9.59 Å². The molecule has 1 aliphatic rings. The molecule has 28 heavy (non-hydrogen) atoms. The van der Waals surface area contributed by atoms with Crippen LogP contribution in [-0.2, 0) is 4.79 Å². The number of nitrogens with one attached hydrogen (secondary N) is 2. The molecule has 2 aromatic rings. The number of hydrogen-bond acceptors (Lipinski definition) is 3. The molecule has 3 rings (SSSR count). The van der Waals surface area contributed by atoms with Crippen molar-refractivity contribution < 1.29 is 14.3 Å². The first kappa shape index (κ1) is 19.9. The Bertz CT molecular complexity index is 857. The van der Waals surface area contributed by atoms with Gasteiger partial charge in [-0.05, 0) is 68.0 Å². The highest BCUT2D eigenvalue weighted by Crippen LogP contribution is 2.31. The standard InChI is InChI=1S/C23H28N2O3/c1-15(2)12-13-28-19-7-4-6-18(14-19)23(27)25-21-9-5-8-20(16(21)3)24-22(26)17-10-11-17/h4-9,14-15,17H,10-13H2,1-3H3,(H,24,26)(H,25,27). The number of carbonyl (C=O) groups excluding carboxylic acids is 2. The smallest absolute Gasteiger partial charge is 0.255 e. The number of anilines is 2. The van der Waals surface area contributed by atoms with Gasteiger partial charge in [0.15, 0.2) is 0 Å². The zero-order valence-corrected chi connectivity index (χ0v) is 16.7. The summed E-state index contributed by atoms with van der Waals surface area (Å²) in [5, 5.41) is 5.90. The monoisotopic (exact) mass is 380 g/mol. The van der Waals surface area contributed by atoms with Gasteiger partial charge in [0, 0.05) is 22.9 Å². The van der Waals surface area contributed by atoms with E-state index in [2.05, 4.69) is 24.5 Å². The van der Waals surface area contributed by atoms with Crippen molar-refractivity contribution in [1.29, 1.82) is 0 Å². The SMILES string of the molecule is Cc1c(NC(=O)c2cccc(OCCC(C)C)c2)cccc1NC(=O)C1CC1. The Labute approximate surface area is 166 Å². The Balaban J connectivity index is 1.66. The van der Waals surface area contributed by atoms with Crippen molar-refractivity contribution in [2.75, 3.05) is 17.2 Å². The predicted octanol–water partition coefficient (Wildman–Crippen LogP) is 5.02. The molecule has 2 N–H and O–H groups in total. The second-order valence-electron chi connectivity index (χ2n) is 7.75. The molecule has 2 amide bonds. The second-order valence-corrected chi connectivity index (χ2v) is 7.75. The summed E-state index contributed by atoms with van der Waals surface area (Å²) in [7, 11) is 0. The van der Waals surface area contributed by atoms with Crippen LogP contribution in [0.2, 0.25) is 0 Å². The Morgan fingerprint density at radius 2 is 1.75 bits per heavy atom. The fraction of sp³-hybridized carbons (Fsp3) is 0.391. The molecular weight excluding hydrogens is 352 g/mol. The average Bonchev–Trinajstić information content (AvgIpc) is 3.50. The van der Waals surface area contributed by atoms with E-state index in [0.717, 1.165) is 30.5 Å². The minimum atomic E-state index is -0.205. The fourth-order valence-corrected chi connectivity index (χ4v) is 2.82. The lowest BCUT2D eigenvalue weighted by Crippen LogP contribution is -2.16. The third-order valence-corrected chi connectivity index (χ3v) is 4.85. The van der Waals surface area contributed by atoms with Gasteiger partial charge < -0.3 is 15.4 Å². The van der Waals surface area contributed by atoms with Crippen molar-refractivity contribution in [3.8, 4) is 5.75 Å². The fourth-order valence-electron chi connectivity index (χ4n) is 2.82. The lowest BCUT2D eigenvalue weighted by Gasteiger charge is -2.14. The van der Waals surface area contributed by atoms with E-state index in [0.29, 0.717) is 29.5 Å². The summed E-state index contributed by atoms with van der Waals surface area (Å²) in [5.41, 5.74) is 2.80. The van der Waals surface area contributed by atoms with Crippen molar-refractivity contribution >= 4 is 23.2 Å². The third-order valence-electron chi connectivity index (χ3n) is 4.85. The molecule has 148 valence electrons. The summed E-state index contributed by atoms with van der Waals surface area (Å²) >= 11 is 0. The van der Waals surface area contributed by atoms with Crippen molar-refractivity contribution in [2.45, 2.75) is 40.0 Å². The molecule has 2 aromatic carbocycles. The molecule has 5 nitrogen and oxygen atoms in total. The van der Waals surface area contributed by atoms with E-state index in [1.807, 2.05) is 37.3 Å². The molecule has 0 heterocycles. The first-order chi connectivity index (χ1) is 13.4. The Morgan fingerprint density at radius 1 is 1.07 bits per heavy atom. The highest BCUT2D eigenvalue weighted by atomic mass is 16.5. The maximum atomic E-state index is 12.7. The van der Waals surface area contributed by atoms with Crippen LogP contribution in [-0.4, -0.2) is 18.4 Å². The van der Waals surface area contributed by atoms with E-state index in [4.69, 9.17) is 4.74 Å². The van der Waals surface area contributed by atoms with Gasteiger partial charge in [-0.1, -0.05) is 26.0 Å². The lowest BCUT2D eigenvalue weighted by molar-refractivity contribution is -0.117. The molecule has 0 aromatic heterocycles. The normalized spacial score (nSPS) is 13.3. The van der Waals surface area contributed by atoms with Gasteiger partial charge in [0.05, 0.1) is 6.61 Å². The van der Waals surface area contributed by atoms with Crippen molar-refractivity contribution in [1.82, 2.24) is 0 Å². The lowest BCUT2D eigenvalue weighted by atomic mass is 10.1. The Kier molecular flexibility index (Phi) is 6.34. The van der Waals surface area contributed by atoms with Gasteiger partial charge in [0.25, 0.3) is 5.91 Å². The first-order valence-corrected chi connectivity index (χ1v) is 9.88. The molecule has 0 bridgehead atoms. The number of amides is 2. The molecular formula is C23H28N2O3. The van der Waals surface area contributed by atoms with Gasteiger partial charge in [-0.25, -0.2) is 0 Å². The maximum absolute atomic E-state index is 12.7. The zero-order valence-electron chi connectivity index (χ0n) is 16.7. The highest BCUT2D eigenvalue weighted by molar-refractivity contribution is 6.05. The van der Waals surface area contributed by atoms with Crippen LogP contribution < -0.4 is 15.4 Å². The van der Waals surface area contributed by atoms with Gasteiger partial charge in [-0.2, -0.15) is 0 Å². The van der Waals surface area contributed by atoms with E-state index in [1.54, 1.807) is 12.1 Å². The van der Waals surface area contributed by atoms with Crippen LogP contribution in [0.4, 0.5) is 11.4 Å². The first-order valence-electron chi connectivity index (χ1n) is 9.88. The minimum absolute atomic E-state index is 0.0535. The number of ether oxygens (including phenoxy) is 1. The molecule has 0 spiro atoms. The van der Waals surface area contributed by atoms with E-state index >= 15 is 0 Å². The largest absolute Gasteiger partial charge is 0.494 e. The molecule has 1 saturated carbocycles. The van der Waals surface area contributed by atoms with Gasteiger partial charge in [0.2, 0.25) is 5.91 Å². The van der Waals surface area contributed by atoms with Gasteiger partial charge in [-0.15, -0.1) is 0 Å². The van der Waals surface area contributed by atoms with Crippen molar-refractivity contribution in [3.05, 3.63) is 53.6 Å². The Morgan fingerprint density at radius 3 is 2.43 bits per heavy atom. The van der Waals surface area contributed by atoms with Gasteiger partial charge >= 0.3 is 0 Å². The van der Waals surface area contributed by atoms with Crippen LogP contribution in [0.15, 0.2) is 42.5 Å². The van der Waals surface area contributed by atoms with Crippen molar-refractivity contribution in [2.24, 2.45) is 11.8 Å². The van der Waals surface area contributed by atoms with Crippen LogP contribution in [0.5, 0.6) is 5.75 Å². The van der Waals surface area contributed by atoms with E-state index in [-0.39, 0.29) is 17.7 Å². The topological polar surface area (TPSA) is 67.4 Å². The molecule has 1 fully saturated rings. The second kappa shape index (κ2) is 8.91. The number of benzene rings is 2. The third kappa shape index (κ3) is 5.35. The molecule has 0 unspecified atom stereocenters. The quantitative estimate of drug-likeness (QED) is 0.676. The van der Waals surface area contributed by atoms with Crippen molar-refractivity contribution in [3.63, 3.8) is 0 Å². The molecule has 0 aliphatic heterocycles. The summed E-state index contributed by atoms with van der Waals surface area (Å²) in [6.07, 6.45) is 2.88. The summed E-state index contributed by atoms with van der Waals surface area (Å²) in [6.45, 7) is 6.82. The van der Waals surface area contributed by atoms with E-state index in [1.165, 1.54) is 0 Å². The minimum Gasteiger partial charge on any atom is -0.494 e. The van der Waals surface area contributed by atoms with Crippen LogP contribution in [0.25, 0.3) is 0 Å². The number of hydrogen-bond donors (Lipinski definition) is 2. The average molecular weight is 380 g/mol. The molecule has 1 aliphatic carbocycles. The predicted molar refractivity (Wildman–Crippen MR) is 112 cm³/mol. The van der Waals surface area contributed by atoms with Crippen LogP contribution in [0.1, 0.15) is 49.0 Å². The van der Waals surface area contributed by atoms with Crippen LogP contribution >= 0.6 is 0 Å². The maximum Gasteiger partial charge on any atom is 0.255 e. The Hall–Kier alpha value is -2.82. The molecule has 0 radical (unpaired) electrons. The summed E-state index contributed by atoms with van der Waals surface area (Å²) in [5.74, 6) is 1.24. The van der Waals surface area contributed by atoms with Crippen LogP contribution in [0.3, 0.4) is 0 Å². The highest BCUT2D eigenvalue weighted by Gasteiger charge is 2.29.